The molecule has 5 heteroatoms. The highest BCUT2D eigenvalue weighted by Crippen LogP contribution is 2.23. The molecule has 1 aliphatic rings. The maximum Gasteiger partial charge on any atom is 0.134 e. The van der Waals surface area contributed by atoms with E-state index in [1.165, 1.54) is 11.5 Å². The van der Waals surface area contributed by atoms with Gasteiger partial charge in [0.2, 0.25) is 0 Å². The zero-order valence-corrected chi connectivity index (χ0v) is 10.8. The molecule has 16 heavy (non-hydrogen) atoms. The average molecular weight is 238 g/mol. The minimum atomic E-state index is 0.553. The first-order valence-electron chi connectivity index (χ1n) is 5.58. The fourth-order valence-corrected chi connectivity index (χ4v) is 2.91. The van der Waals surface area contributed by atoms with Gasteiger partial charge in [-0.2, -0.15) is 11.8 Å². The molecular formula is C11H18N4S. The second-order valence-corrected chi connectivity index (χ2v) is 5.18. The number of aromatic nitrogens is 2. The number of nitrogens with one attached hydrogen (secondary N) is 1. The van der Waals surface area contributed by atoms with Crippen molar-refractivity contribution in [2.75, 3.05) is 35.3 Å². The number of thioether (sulfide) groups is 1. The lowest BCUT2D eigenvalue weighted by Gasteiger charge is -2.34. The van der Waals surface area contributed by atoms with Gasteiger partial charge in [0, 0.05) is 37.2 Å². The average Bonchev–Trinajstić information content (AvgIpc) is 2.28. The van der Waals surface area contributed by atoms with Crippen LogP contribution in [0.1, 0.15) is 12.7 Å². The van der Waals surface area contributed by atoms with Crippen LogP contribution in [0.4, 0.5) is 11.6 Å². The van der Waals surface area contributed by atoms with Crippen LogP contribution < -0.4 is 10.2 Å². The molecule has 2 heterocycles. The van der Waals surface area contributed by atoms with E-state index in [0.29, 0.717) is 6.04 Å². The molecule has 2 rings (SSSR count). The third-order valence-electron chi connectivity index (χ3n) is 2.74. The monoisotopic (exact) mass is 238 g/mol. The number of hydrogen-bond acceptors (Lipinski definition) is 5. The van der Waals surface area contributed by atoms with Gasteiger partial charge in [-0.05, 0) is 13.8 Å². The summed E-state index contributed by atoms with van der Waals surface area (Å²) in [6, 6.07) is 2.58. The lowest BCUT2D eigenvalue weighted by atomic mass is 10.3. The van der Waals surface area contributed by atoms with Crippen molar-refractivity contribution >= 4 is 23.4 Å². The Hall–Kier alpha value is -0.970. The van der Waals surface area contributed by atoms with E-state index in [0.717, 1.165) is 24.0 Å². The van der Waals surface area contributed by atoms with Gasteiger partial charge < -0.3 is 10.2 Å². The Morgan fingerprint density at radius 1 is 1.50 bits per heavy atom. The summed E-state index contributed by atoms with van der Waals surface area (Å²) in [6.07, 6.45) is 0. The summed E-state index contributed by atoms with van der Waals surface area (Å²) >= 11 is 2.01. The Kier molecular flexibility index (Phi) is 3.53. The fraction of sp³-hybridized carbons (Fsp3) is 0.636. The first kappa shape index (κ1) is 11.5. The highest BCUT2D eigenvalue weighted by molar-refractivity contribution is 7.99. The molecule has 0 spiro atoms. The Morgan fingerprint density at radius 2 is 2.31 bits per heavy atom. The number of anilines is 2. The molecular weight excluding hydrogens is 220 g/mol. The van der Waals surface area contributed by atoms with Crippen LogP contribution >= 0.6 is 11.8 Å². The summed E-state index contributed by atoms with van der Waals surface area (Å²) in [5, 5.41) is 3.08. The molecule has 0 bridgehead atoms. The standard InChI is InChI=1S/C11H18N4S/c1-8-7-16-5-4-15(8)11-6-10(12-3)13-9(2)14-11/h6,8H,4-5,7H2,1-3H3,(H,12,13,14). The van der Waals surface area contributed by atoms with Crippen LogP contribution in [0.25, 0.3) is 0 Å². The van der Waals surface area contributed by atoms with Crippen LogP contribution in [0, 0.1) is 6.92 Å². The van der Waals surface area contributed by atoms with Crippen molar-refractivity contribution in [3.63, 3.8) is 0 Å². The molecule has 1 N–H and O–H groups in total. The molecule has 0 aliphatic carbocycles. The zero-order chi connectivity index (χ0) is 11.5. The van der Waals surface area contributed by atoms with Crippen molar-refractivity contribution in [1.29, 1.82) is 0 Å². The molecule has 1 atom stereocenters. The van der Waals surface area contributed by atoms with Crippen molar-refractivity contribution in [2.24, 2.45) is 0 Å². The predicted octanol–water partition coefficient (Wildman–Crippen LogP) is 1.77. The molecule has 0 radical (unpaired) electrons. The first-order valence-corrected chi connectivity index (χ1v) is 6.74. The highest BCUT2D eigenvalue weighted by Gasteiger charge is 2.20. The van der Waals surface area contributed by atoms with Crippen LogP contribution in [0.2, 0.25) is 0 Å². The van der Waals surface area contributed by atoms with Crippen LogP contribution in [-0.2, 0) is 0 Å². The molecule has 1 aliphatic heterocycles. The SMILES string of the molecule is CNc1cc(N2CCSCC2C)nc(C)n1. The van der Waals surface area contributed by atoms with E-state index in [2.05, 4.69) is 27.1 Å². The topological polar surface area (TPSA) is 41.0 Å². The van der Waals surface area contributed by atoms with Gasteiger partial charge in [-0.15, -0.1) is 0 Å². The minimum absolute atomic E-state index is 0.553. The summed E-state index contributed by atoms with van der Waals surface area (Å²) in [4.78, 5) is 11.2. The maximum atomic E-state index is 4.52. The molecule has 1 aromatic heterocycles. The quantitative estimate of drug-likeness (QED) is 0.850. The Morgan fingerprint density at radius 3 is 3.00 bits per heavy atom. The van der Waals surface area contributed by atoms with Gasteiger partial charge in [0.05, 0.1) is 0 Å². The third kappa shape index (κ3) is 2.40. The number of nitrogens with zero attached hydrogens (tertiary/aromatic N) is 3. The van der Waals surface area contributed by atoms with E-state index in [1.807, 2.05) is 31.8 Å². The molecule has 1 aromatic rings. The van der Waals surface area contributed by atoms with Gasteiger partial charge in [0.25, 0.3) is 0 Å². The van der Waals surface area contributed by atoms with Crippen molar-refractivity contribution in [1.82, 2.24) is 9.97 Å². The van der Waals surface area contributed by atoms with Gasteiger partial charge in [-0.1, -0.05) is 0 Å². The van der Waals surface area contributed by atoms with Crippen molar-refractivity contribution in [3.8, 4) is 0 Å². The van der Waals surface area contributed by atoms with Crippen LogP contribution in [0.3, 0.4) is 0 Å². The summed E-state index contributed by atoms with van der Waals surface area (Å²) in [5.41, 5.74) is 0. The Labute approximate surface area is 101 Å². The summed E-state index contributed by atoms with van der Waals surface area (Å²) in [5.74, 6) is 5.13. The molecule has 0 aromatic carbocycles. The van der Waals surface area contributed by atoms with E-state index in [9.17, 15) is 0 Å². The third-order valence-corrected chi connectivity index (χ3v) is 3.93. The number of rotatable bonds is 2. The van der Waals surface area contributed by atoms with Crippen LogP contribution in [0.15, 0.2) is 6.07 Å². The van der Waals surface area contributed by atoms with Crippen LogP contribution in [0.5, 0.6) is 0 Å². The maximum absolute atomic E-state index is 4.52. The molecule has 4 nitrogen and oxygen atoms in total. The second-order valence-electron chi connectivity index (χ2n) is 4.03. The van der Waals surface area contributed by atoms with E-state index in [1.54, 1.807) is 0 Å². The minimum Gasteiger partial charge on any atom is -0.373 e. The van der Waals surface area contributed by atoms with Crippen molar-refractivity contribution in [3.05, 3.63) is 11.9 Å². The summed E-state index contributed by atoms with van der Waals surface area (Å²) in [7, 11) is 1.89. The Bertz CT molecular complexity index is 369. The lowest BCUT2D eigenvalue weighted by Crippen LogP contribution is -2.41. The zero-order valence-electron chi connectivity index (χ0n) is 10.0. The normalized spacial score (nSPS) is 20.9. The van der Waals surface area contributed by atoms with Crippen LogP contribution in [-0.4, -0.2) is 41.1 Å². The molecule has 0 amide bonds. The first-order chi connectivity index (χ1) is 7.70. The molecule has 1 unspecified atom stereocenters. The second kappa shape index (κ2) is 4.91. The molecule has 0 saturated carbocycles. The Balaban J connectivity index is 2.27. The van der Waals surface area contributed by atoms with E-state index in [4.69, 9.17) is 0 Å². The van der Waals surface area contributed by atoms with Gasteiger partial charge in [-0.3, -0.25) is 0 Å². The van der Waals surface area contributed by atoms with Gasteiger partial charge >= 0.3 is 0 Å². The predicted molar refractivity (Wildman–Crippen MR) is 70.4 cm³/mol. The van der Waals surface area contributed by atoms with Gasteiger partial charge in [0.15, 0.2) is 0 Å². The van der Waals surface area contributed by atoms with Crippen molar-refractivity contribution < 1.29 is 0 Å². The number of aryl methyl sites for hydroxylation is 1. The van der Waals surface area contributed by atoms with E-state index in [-0.39, 0.29) is 0 Å². The highest BCUT2D eigenvalue weighted by atomic mass is 32.2. The van der Waals surface area contributed by atoms with Crippen molar-refractivity contribution in [2.45, 2.75) is 19.9 Å². The fourth-order valence-electron chi connectivity index (χ4n) is 1.89. The van der Waals surface area contributed by atoms with Gasteiger partial charge in [-0.25, -0.2) is 9.97 Å². The van der Waals surface area contributed by atoms with E-state index >= 15 is 0 Å². The smallest absolute Gasteiger partial charge is 0.134 e. The lowest BCUT2D eigenvalue weighted by molar-refractivity contribution is 0.687. The summed E-state index contributed by atoms with van der Waals surface area (Å²) in [6.45, 7) is 5.27. The molecule has 1 saturated heterocycles. The summed E-state index contributed by atoms with van der Waals surface area (Å²) < 4.78 is 0. The largest absolute Gasteiger partial charge is 0.373 e. The molecule has 88 valence electrons. The number of hydrogen-bond donors (Lipinski definition) is 1. The van der Waals surface area contributed by atoms with Gasteiger partial charge in [0.1, 0.15) is 17.5 Å². The van der Waals surface area contributed by atoms with E-state index < -0.39 is 0 Å². The molecule has 1 fully saturated rings.